The van der Waals surface area contributed by atoms with Crippen molar-refractivity contribution in [1.29, 1.82) is 0 Å². The third-order valence-corrected chi connectivity index (χ3v) is 3.00. The summed E-state index contributed by atoms with van der Waals surface area (Å²) in [4.78, 5) is 0. The number of aromatic hydroxyl groups is 1. The van der Waals surface area contributed by atoms with Crippen LogP contribution in [0.2, 0.25) is 0 Å². The second-order valence-corrected chi connectivity index (χ2v) is 4.83. The minimum absolute atomic E-state index is 0.152. The number of hydrogen-bond donors (Lipinski definition) is 3. The first-order valence-corrected chi connectivity index (χ1v) is 6.27. The molecule has 0 fully saturated rings. The van der Waals surface area contributed by atoms with E-state index in [2.05, 4.69) is 21.2 Å². The monoisotopic (exact) mass is 303 g/mol. The second kappa shape index (κ2) is 6.83. The molecule has 3 N–H and O–H groups in total. The zero-order chi connectivity index (χ0) is 12.8. The van der Waals surface area contributed by atoms with E-state index in [4.69, 9.17) is 9.84 Å². The Labute approximate surface area is 110 Å². The van der Waals surface area contributed by atoms with Crippen LogP contribution in [0.1, 0.15) is 18.9 Å². The quantitative estimate of drug-likeness (QED) is 0.752. The van der Waals surface area contributed by atoms with Crippen molar-refractivity contribution < 1.29 is 14.9 Å². The van der Waals surface area contributed by atoms with Crippen molar-refractivity contribution in [2.75, 3.05) is 13.7 Å². The summed E-state index contributed by atoms with van der Waals surface area (Å²) in [5.41, 5.74) is 0.765. The zero-order valence-corrected chi connectivity index (χ0v) is 11.6. The van der Waals surface area contributed by atoms with Gasteiger partial charge >= 0.3 is 0 Å². The molecule has 0 aliphatic carbocycles. The first kappa shape index (κ1) is 14.3. The normalized spacial score (nSPS) is 12.5. The van der Waals surface area contributed by atoms with E-state index in [0.29, 0.717) is 18.7 Å². The highest BCUT2D eigenvalue weighted by Crippen LogP contribution is 2.33. The van der Waals surface area contributed by atoms with Gasteiger partial charge in [-0.25, -0.2) is 0 Å². The average molecular weight is 304 g/mol. The first-order valence-electron chi connectivity index (χ1n) is 5.48. The van der Waals surface area contributed by atoms with Crippen LogP contribution < -0.4 is 10.1 Å². The molecule has 0 aromatic heterocycles. The lowest BCUT2D eigenvalue weighted by atomic mass is 10.1. The highest BCUT2D eigenvalue weighted by molar-refractivity contribution is 9.10. The Morgan fingerprint density at radius 2 is 2.18 bits per heavy atom. The van der Waals surface area contributed by atoms with Crippen molar-refractivity contribution in [3.63, 3.8) is 0 Å². The molecule has 0 aliphatic heterocycles. The van der Waals surface area contributed by atoms with Gasteiger partial charge in [0.1, 0.15) is 0 Å². The number of aliphatic hydroxyl groups is 1. The third kappa shape index (κ3) is 4.18. The Morgan fingerprint density at radius 3 is 2.76 bits per heavy atom. The molecule has 1 atom stereocenters. The summed E-state index contributed by atoms with van der Waals surface area (Å²) >= 11 is 3.37. The number of rotatable bonds is 6. The summed E-state index contributed by atoms with van der Waals surface area (Å²) in [5, 5.41) is 21.9. The largest absolute Gasteiger partial charge is 0.504 e. The molecule has 0 saturated heterocycles. The lowest BCUT2D eigenvalue weighted by molar-refractivity contribution is 0.268. The smallest absolute Gasteiger partial charge is 0.162 e. The van der Waals surface area contributed by atoms with E-state index in [9.17, 15) is 5.11 Å². The van der Waals surface area contributed by atoms with Crippen molar-refractivity contribution in [2.24, 2.45) is 0 Å². The van der Waals surface area contributed by atoms with Crippen LogP contribution in [-0.2, 0) is 6.54 Å². The molecule has 1 aromatic rings. The van der Waals surface area contributed by atoms with E-state index in [1.165, 1.54) is 7.11 Å². The minimum Gasteiger partial charge on any atom is -0.504 e. The molecule has 4 nitrogen and oxygen atoms in total. The van der Waals surface area contributed by atoms with Gasteiger partial charge in [0, 0.05) is 29.2 Å². The van der Waals surface area contributed by atoms with Gasteiger partial charge in [0.2, 0.25) is 0 Å². The molecule has 0 radical (unpaired) electrons. The molecule has 1 aromatic carbocycles. The number of phenols is 1. The predicted molar refractivity (Wildman–Crippen MR) is 70.4 cm³/mol. The standard InChI is InChI=1S/C12H18BrNO3/c1-8(3-4-15)14-7-9-5-10(13)6-11(17-2)12(9)16/h5-6,8,14-16H,3-4,7H2,1-2H3/t8-/m1/s1. The number of nitrogens with one attached hydrogen (secondary N) is 1. The van der Waals surface area contributed by atoms with Gasteiger partial charge in [0.15, 0.2) is 11.5 Å². The Bertz CT molecular complexity index is 371. The Kier molecular flexibility index (Phi) is 5.74. The number of phenolic OH excluding ortho intramolecular Hbond substituents is 1. The van der Waals surface area contributed by atoms with E-state index in [0.717, 1.165) is 10.0 Å². The first-order chi connectivity index (χ1) is 8.08. The number of ether oxygens (including phenoxy) is 1. The molecule has 0 bridgehead atoms. The number of benzene rings is 1. The molecule has 0 spiro atoms. The summed E-state index contributed by atoms with van der Waals surface area (Å²) in [6, 6.07) is 3.76. The van der Waals surface area contributed by atoms with Crippen LogP contribution in [0, 0.1) is 0 Å². The molecule has 0 aliphatic rings. The van der Waals surface area contributed by atoms with Crippen LogP contribution in [0.25, 0.3) is 0 Å². The fourth-order valence-electron chi connectivity index (χ4n) is 1.50. The van der Waals surface area contributed by atoms with Gasteiger partial charge in [-0.2, -0.15) is 0 Å². The Morgan fingerprint density at radius 1 is 1.47 bits per heavy atom. The van der Waals surface area contributed by atoms with Crippen LogP contribution in [0.5, 0.6) is 11.5 Å². The summed E-state index contributed by atoms with van der Waals surface area (Å²) in [7, 11) is 1.52. The number of aliphatic hydroxyl groups excluding tert-OH is 1. The lowest BCUT2D eigenvalue weighted by Crippen LogP contribution is -2.26. The minimum atomic E-state index is 0.152. The fraction of sp³-hybridized carbons (Fsp3) is 0.500. The van der Waals surface area contributed by atoms with E-state index in [-0.39, 0.29) is 18.4 Å². The fourth-order valence-corrected chi connectivity index (χ4v) is 1.98. The molecule has 0 saturated carbocycles. The Hall–Kier alpha value is -0.780. The van der Waals surface area contributed by atoms with Gasteiger partial charge in [-0.05, 0) is 25.5 Å². The van der Waals surface area contributed by atoms with Crippen LogP contribution in [0.15, 0.2) is 16.6 Å². The van der Waals surface area contributed by atoms with Crippen molar-refractivity contribution in [2.45, 2.75) is 25.9 Å². The molecule has 17 heavy (non-hydrogen) atoms. The zero-order valence-electron chi connectivity index (χ0n) is 10.0. The molecular formula is C12H18BrNO3. The topological polar surface area (TPSA) is 61.7 Å². The van der Waals surface area contributed by atoms with E-state index in [1.54, 1.807) is 6.07 Å². The summed E-state index contributed by atoms with van der Waals surface area (Å²) in [6.45, 7) is 2.67. The van der Waals surface area contributed by atoms with Crippen LogP contribution in [0.4, 0.5) is 0 Å². The van der Waals surface area contributed by atoms with Gasteiger partial charge in [-0.3, -0.25) is 0 Å². The summed E-state index contributed by atoms with van der Waals surface area (Å²) in [5.74, 6) is 0.602. The van der Waals surface area contributed by atoms with E-state index in [1.807, 2.05) is 13.0 Å². The molecule has 1 rings (SSSR count). The molecule has 0 heterocycles. The molecule has 96 valence electrons. The number of hydrogen-bond acceptors (Lipinski definition) is 4. The van der Waals surface area contributed by atoms with Crippen molar-refractivity contribution in [1.82, 2.24) is 5.32 Å². The van der Waals surface area contributed by atoms with E-state index >= 15 is 0 Å². The summed E-state index contributed by atoms with van der Waals surface area (Å²) < 4.78 is 5.93. The highest BCUT2D eigenvalue weighted by atomic mass is 79.9. The van der Waals surface area contributed by atoms with Crippen molar-refractivity contribution in [3.05, 3.63) is 22.2 Å². The maximum Gasteiger partial charge on any atom is 0.162 e. The molecular weight excluding hydrogens is 286 g/mol. The van der Waals surface area contributed by atoms with Crippen LogP contribution >= 0.6 is 15.9 Å². The van der Waals surface area contributed by atoms with Gasteiger partial charge in [0.05, 0.1) is 7.11 Å². The Balaban J connectivity index is 2.73. The second-order valence-electron chi connectivity index (χ2n) is 3.91. The molecule has 5 heteroatoms. The maximum atomic E-state index is 9.92. The maximum absolute atomic E-state index is 9.92. The number of halogens is 1. The SMILES string of the molecule is COc1cc(Br)cc(CN[C@H](C)CCO)c1O. The van der Waals surface area contributed by atoms with Gasteiger partial charge < -0.3 is 20.3 Å². The number of methoxy groups -OCH3 is 1. The molecule has 0 unspecified atom stereocenters. The molecule has 0 amide bonds. The lowest BCUT2D eigenvalue weighted by Gasteiger charge is -2.14. The van der Waals surface area contributed by atoms with Gasteiger partial charge in [0.25, 0.3) is 0 Å². The van der Waals surface area contributed by atoms with Crippen LogP contribution in [0.3, 0.4) is 0 Å². The highest BCUT2D eigenvalue weighted by Gasteiger charge is 2.10. The van der Waals surface area contributed by atoms with Gasteiger partial charge in [-0.15, -0.1) is 0 Å². The summed E-state index contributed by atoms with van der Waals surface area (Å²) in [6.07, 6.45) is 0.686. The van der Waals surface area contributed by atoms with Crippen molar-refractivity contribution >= 4 is 15.9 Å². The van der Waals surface area contributed by atoms with Gasteiger partial charge in [-0.1, -0.05) is 15.9 Å². The third-order valence-electron chi connectivity index (χ3n) is 2.54. The predicted octanol–water partition coefficient (Wildman–Crippen LogP) is 2.02. The van der Waals surface area contributed by atoms with Crippen LogP contribution in [-0.4, -0.2) is 30.0 Å². The average Bonchev–Trinajstić information content (AvgIpc) is 2.30. The van der Waals surface area contributed by atoms with Crippen molar-refractivity contribution in [3.8, 4) is 11.5 Å². The van der Waals surface area contributed by atoms with E-state index < -0.39 is 0 Å².